The number of hydrogen-bond acceptors (Lipinski definition) is 5. The van der Waals surface area contributed by atoms with Crippen LogP contribution in [0, 0.1) is 5.92 Å². The number of carbonyl (C=O) groups excluding carboxylic acids is 1. The highest BCUT2D eigenvalue weighted by Gasteiger charge is 2.24. The van der Waals surface area contributed by atoms with Gasteiger partial charge in [-0.1, -0.05) is 0 Å². The molecular formula is C20H21N5O2. The van der Waals surface area contributed by atoms with Gasteiger partial charge >= 0.3 is 0 Å². The average molecular weight is 363 g/mol. The zero-order valence-electron chi connectivity index (χ0n) is 14.9. The third-order valence-corrected chi connectivity index (χ3v) is 4.58. The van der Waals surface area contributed by atoms with E-state index in [-0.39, 0.29) is 19.1 Å². The second-order valence-electron chi connectivity index (χ2n) is 6.73. The molecule has 2 N–H and O–H groups in total. The molecule has 0 radical (unpaired) electrons. The van der Waals surface area contributed by atoms with Crippen molar-refractivity contribution in [3.8, 4) is 22.5 Å². The normalized spacial score (nSPS) is 13.5. The molecule has 1 aliphatic rings. The Morgan fingerprint density at radius 1 is 1.19 bits per heavy atom. The Kier molecular flexibility index (Phi) is 4.93. The van der Waals surface area contributed by atoms with Crippen LogP contribution in [0.3, 0.4) is 0 Å². The van der Waals surface area contributed by atoms with Crippen LogP contribution in [-0.2, 0) is 6.54 Å². The highest BCUT2D eigenvalue weighted by atomic mass is 16.3. The van der Waals surface area contributed by atoms with Gasteiger partial charge < -0.3 is 15.0 Å². The van der Waals surface area contributed by atoms with Gasteiger partial charge in [-0.25, -0.2) is 9.97 Å². The first-order valence-electron chi connectivity index (χ1n) is 9.06. The molecule has 0 aliphatic heterocycles. The third-order valence-electron chi connectivity index (χ3n) is 4.58. The Labute approximate surface area is 157 Å². The quantitative estimate of drug-likeness (QED) is 0.671. The molecule has 7 nitrogen and oxygen atoms in total. The lowest BCUT2D eigenvalue weighted by molar-refractivity contribution is 0.0935. The summed E-state index contributed by atoms with van der Waals surface area (Å²) in [6.07, 6.45) is 11.4. The fraction of sp³-hybridized carbons (Fsp3) is 0.300. The molecule has 27 heavy (non-hydrogen) atoms. The van der Waals surface area contributed by atoms with Crippen molar-refractivity contribution < 1.29 is 9.90 Å². The second kappa shape index (κ2) is 7.67. The molecule has 1 aliphatic carbocycles. The summed E-state index contributed by atoms with van der Waals surface area (Å²) in [5.74, 6) is 1.08. The highest BCUT2D eigenvalue weighted by molar-refractivity contribution is 5.94. The van der Waals surface area contributed by atoms with Crippen LogP contribution >= 0.6 is 0 Å². The summed E-state index contributed by atoms with van der Waals surface area (Å²) in [5.41, 5.74) is 3.22. The number of nitrogens with zero attached hydrogens (tertiary/aromatic N) is 4. The number of hydrogen-bond donors (Lipinski definition) is 2. The molecule has 0 spiro atoms. The van der Waals surface area contributed by atoms with Crippen LogP contribution in [0.1, 0.15) is 23.3 Å². The van der Waals surface area contributed by atoms with Gasteiger partial charge in [0.2, 0.25) is 0 Å². The third kappa shape index (κ3) is 4.03. The van der Waals surface area contributed by atoms with Gasteiger partial charge in [0.05, 0.1) is 6.61 Å². The van der Waals surface area contributed by atoms with E-state index in [1.807, 2.05) is 29.0 Å². The fourth-order valence-corrected chi connectivity index (χ4v) is 2.97. The predicted molar refractivity (Wildman–Crippen MR) is 101 cm³/mol. The molecule has 1 fully saturated rings. The maximum absolute atomic E-state index is 12.4. The molecule has 4 rings (SSSR count). The number of rotatable bonds is 7. The topological polar surface area (TPSA) is 92.9 Å². The standard InChI is InChI=1S/C20H21N5O2/c26-7-6-22-20(27)18-8-16(13-25(18)12-14-3-4-14)17-10-23-19(24-11-17)15-2-1-5-21-9-15/h1-2,5,8-11,13-14,26H,3-4,6-7,12H2,(H,22,27). The summed E-state index contributed by atoms with van der Waals surface area (Å²) in [6, 6.07) is 5.62. The van der Waals surface area contributed by atoms with Gasteiger partial charge in [0.1, 0.15) is 5.69 Å². The molecule has 138 valence electrons. The van der Waals surface area contributed by atoms with Gasteiger partial charge in [-0.15, -0.1) is 0 Å². The van der Waals surface area contributed by atoms with Crippen molar-refractivity contribution in [1.29, 1.82) is 0 Å². The second-order valence-corrected chi connectivity index (χ2v) is 6.73. The van der Waals surface area contributed by atoms with E-state index < -0.39 is 0 Å². The van der Waals surface area contributed by atoms with Crippen LogP contribution in [0.2, 0.25) is 0 Å². The zero-order valence-corrected chi connectivity index (χ0v) is 14.9. The number of aliphatic hydroxyl groups is 1. The monoisotopic (exact) mass is 363 g/mol. The first kappa shape index (κ1) is 17.4. The molecule has 7 heteroatoms. The van der Waals surface area contributed by atoms with Crippen LogP contribution in [-0.4, -0.2) is 43.7 Å². The molecule has 0 atom stereocenters. The number of aliphatic hydroxyl groups excluding tert-OH is 1. The predicted octanol–water partition coefficient (Wildman–Crippen LogP) is 2.14. The minimum absolute atomic E-state index is 0.0778. The average Bonchev–Trinajstić information content (AvgIpc) is 3.43. The molecule has 0 bridgehead atoms. The Morgan fingerprint density at radius 2 is 2.00 bits per heavy atom. The number of aromatic nitrogens is 4. The van der Waals surface area contributed by atoms with Crippen molar-refractivity contribution in [3.63, 3.8) is 0 Å². The van der Waals surface area contributed by atoms with E-state index in [0.717, 1.165) is 23.2 Å². The summed E-state index contributed by atoms with van der Waals surface area (Å²) >= 11 is 0. The summed E-state index contributed by atoms with van der Waals surface area (Å²) < 4.78 is 1.99. The van der Waals surface area contributed by atoms with Crippen molar-refractivity contribution >= 4 is 5.91 Å². The van der Waals surface area contributed by atoms with E-state index in [1.165, 1.54) is 12.8 Å². The van der Waals surface area contributed by atoms with Crippen molar-refractivity contribution in [1.82, 2.24) is 24.8 Å². The molecule has 0 saturated heterocycles. The maximum Gasteiger partial charge on any atom is 0.268 e. The summed E-state index contributed by atoms with van der Waals surface area (Å²) in [6.45, 7) is 0.994. The van der Waals surface area contributed by atoms with E-state index in [2.05, 4.69) is 20.3 Å². The first-order valence-corrected chi connectivity index (χ1v) is 9.06. The lowest BCUT2D eigenvalue weighted by Gasteiger charge is -2.08. The Hall–Kier alpha value is -3.06. The summed E-state index contributed by atoms with van der Waals surface area (Å²) in [7, 11) is 0. The summed E-state index contributed by atoms with van der Waals surface area (Å²) in [4.78, 5) is 25.4. The van der Waals surface area contributed by atoms with Gasteiger partial charge in [0, 0.05) is 60.8 Å². The number of amides is 1. The SMILES string of the molecule is O=C(NCCO)c1cc(-c2cnc(-c3cccnc3)nc2)cn1CC1CC1. The zero-order chi connectivity index (χ0) is 18.6. The minimum atomic E-state index is -0.177. The van der Waals surface area contributed by atoms with Crippen LogP contribution in [0.25, 0.3) is 22.5 Å². The van der Waals surface area contributed by atoms with E-state index in [4.69, 9.17) is 5.11 Å². The molecule has 3 aromatic rings. The smallest absolute Gasteiger partial charge is 0.268 e. The fourth-order valence-electron chi connectivity index (χ4n) is 2.97. The maximum atomic E-state index is 12.4. The molecular weight excluding hydrogens is 342 g/mol. The van der Waals surface area contributed by atoms with Crippen molar-refractivity contribution in [3.05, 3.63) is 54.9 Å². The van der Waals surface area contributed by atoms with E-state index in [9.17, 15) is 4.79 Å². The molecule has 1 saturated carbocycles. The molecule has 3 aromatic heterocycles. The lowest BCUT2D eigenvalue weighted by Crippen LogP contribution is -2.28. The van der Waals surface area contributed by atoms with Gasteiger partial charge in [-0.3, -0.25) is 9.78 Å². The highest BCUT2D eigenvalue weighted by Crippen LogP contribution is 2.32. The molecule has 0 aromatic carbocycles. The van der Waals surface area contributed by atoms with Gasteiger partial charge in [0.25, 0.3) is 5.91 Å². The van der Waals surface area contributed by atoms with E-state index in [1.54, 1.807) is 24.8 Å². The number of nitrogens with one attached hydrogen (secondary N) is 1. The van der Waals surface area contributed by atoms with Crippen molar-refractivity contribution in [2.24, 2.45) is 5.92 Å². The van der Waals surface area contributed by atoms with Gasteiger partial charge in [-0.2, -0.15) is 0 Å². The van der Waals surface area contributed by atoms with Crippen LogP contribution in [0.15, 0.2) is 49.2 Å². The minimum Gasteiger partial charge on any atom is -0.395 e. The van der Waals surface area contributed by atoms with Crippen LogP contribution in [0.4, 0.5) is 0 Å². The van der Waals surface area contributed by atoms with Gasteiger partial charge in [-0.05, 0) is 37.0 Å². The molecule has 0 unspecified atom stereocenters. The first-order chi connectivity index (χ1) is 13.2. The van der Waals surface area contributed by atoms with Gasteiger partial charge in [0.15, 0.2) is 5.82 Å². The Morgan fingerprint density at radius 3 is 2.67 bits per heavy atom. The Bertz CT molecular complexity index is 917. The van der Waals surface area contributed by atoms with E-state index in [0.29, 0.717) is 17.4 Å². The molecule has 1 amide bonds. The van der Waals surface area contributed by atoms with Crippen molar-refractivity contribution in [2.45, 2.75) is 19.4 Å². The Balaban J connectivity index is 1.60. The lowest BCUT2D eigenvalue weighted by atomic mass is 10.1. The largest absolute Gasteiger partial charge is 0.395 e. The summed E-state index contributed by atoms with van der Waals surface area (Å²) in [5, 5.41) is 11.7. The van der Waals surface area contributed by atoms with Crippen molar-refractivity contribution in [2.75, 3.05) is 13.2 Å². The van der Waals surface area contributed by atoms with Crippen LogP contribution in [0.5, 0.6) is 0 Å². The number of carbonyl (C=O) groups is 1. The van der Waals surface area contributed by atoms with Crippen LogP contribution < -0.4 is 5.32 Å². The van der Waals surface area contributed by atoms with E-state index >= 15 is 0 Å². The molecule has 3 heterocycles. The number of pyridine rings is 1.